The van der Waals surface area contributed by atoms with E-state index in [0.717, 1.165) is 54.2 Å². The average Bonchev–Trinajstić information content (AvgIpc) is 3.22. The van der Waals surface area contributed by atoms with Crippen molar-refractivity contribution < 1.29 is 14.3 Å². The Kier molecular flexibility index (Phi) is 9.67. The molecule has 2 heterocycles. The number of anilines is 1. The van der Waals surface area contributed by atoms with Crippen molar-refractivity contribution in [3.05, 3.63) is 72.3 Å². The van der Waals surface area contributed by atoms with E-state index in [1.54, 1.807) is 12.0 Å². The van der Waals surface area contributed by atoms with Crippen LogP contribution in [0.5, 0.6) is 5.75 Å². The van der Waals surface area contributed by atoms with Crippen LogP contribution >= 0.6 is 0 Å². The minimum Gasteiger partial charge on any atom is -0.497 e. The third kappa shape index (κ3) is 7.31. The first-order valence-electron chi connectivity index (χ1n) is 13.4. The lowest BCUT2D eigenvalue weighted by Crippen LogP contribution is -2.45. The third-order valence-electron chi connectivity index (χ3n) is 6.85. The van der Waals surface area contributed by atoms with Gasteiger partial charge in [-0.05, 0) is 42.7 Å². The normalized spacial score (nSPS) is 13.6. The molecule has 200 valence electrons. The van der Waals surface area contributed by atoms with Gasteiger partial charge in [-0.25, -0.2) is 0 Å². The monoisotopic (exact) mass is 515 g/mol. The Morgan fingerprint density at radius 1 is 0.947 bits per heavy atom. The molecule has 1 aromatic heterocycles. The van der Waals surface area contributed by atoms with Crippen LogP contribution in [0.4, 0.5) is 5.82 Å². The first-order chi connectivity index (χ1) is 18.6. The molecule has 4 rings (SSSR count). The average molecular weight is 516 g/mol. The second-order valence-corrected chi connectivity index (χ2v) is 9.56. The Labute approximate surface area is 225 Å². The number of amides is 2. The lowest BCUT2D eigenvalue weighted by atomic mass is 10.1. The summed E-state index contributed by atoms with van der Waals surface area (Å²) in [5, 5.41) is 8.90. The maximum Gasteiger partial charge on any atom is 0.242 e. The highest BCUT2D eigenvalue weighted by Gasteiger charge is 2.24. The quantitative estimate of drug-likeness (QED) is 0.405. The van der Waals surface area contributed by atoms with Crippen molar-refractivity contribution in [3.63, 3.8) is 0 Å². The third-order valence-corrected chi connectivity index (χ3v) is 6.85. The molecule has 38 heavy (non-hydrogen) atoms. The van der Waals surface area contributed by atoms with Crippen molar-refractivity contribution in [2.75, 3.05) is 51.3 Å². The van der Waals surface area contributed by atoms with Gasteiger partial charge in [-0.15, -0.1) is 10.2 Å². The van der Waals surface area contributed by atoms with E-state index in [0.29, 0.717) is 32.6 Å². The van der Waals surface area contributed by atoms with Gasteiger partial charge in [-0.2, -0.15) is 0 Å². The van der Waals surface area contributed by atoms with Crippen molar-refractivity contribution in [2.24, 2.45) is 0 Å². The number of ether oxygens (including phenoxy) is 1. The lowest BCUT2D eigenvalue weighted by Gasteiger charge is -2.27. The van der Waals surface area contributed by atoms with Crippen LogP contribution in [0.3, 0.4) is 0 Å². The van der Waals surface area contributed by atoms with E-state index >= 15 is 0 Å². The SMILES string of the molecule is CCCCN(CC(=O)N1CCCN(c2ccc(-c3cccc(OC)c3)nn2)CC1)C(=O)Cc1ccccc1. The number of carbonyl (C=O) groups is 2. The van der Waals surface area contributed by atoms with Gasteiger partial charge in [-0.1, -0.05) is 55.8 Å². The van der Waals surface area contributed by atoms with Gasteiger partial charge in [0, 0.05) is 38.3 Å². The first-order valence-corrected chi connectivity index (χ1v) is 13.4. The van der Waals surface area contributed by atoms with Gasteiger partial charge in [0.05, 0.1) is 25.8 Å². The summed E-state index contributed by atoms with van der Waals surface area (Å²) in [4.78, 5) is 32.1. The van der Waals surface area contributed by atoms with Crippen LogP contribution in [0.25, 0.3) is 11.3 Å². The Hall–Kier alpha value is -3.94. The number of rotatable bonds is 10. The van der Waals surface area contributed by atoms with Gasteiger partial charge in [0.2, 0.25) is 11.8 Å². The zero-order valence-corrected chi connectivity index (χ0v) is 22.4. The van der Waals surface area contributed by atoms with E-state index in [1.165, 1.54) is 0 Å². The summed E-state index contributed by atoms with van der Waals surface area (Å²) in [5.74, 6) is 1.58. The van der Waals surface area contributed by atoms with Crippen LogP contribution in [-0.2, 0) is 16.0 Å². The molecular formula is C30H37N5O3. The lowest BCUT2D eigenvalue weighted by molar-refractivity contribution is -0.140. The molecule has 1 fully saturated rings. The molecule has 2 aromatic carbocycles. The molecule has 1 saturated heterocycles. The number of carbonyl (C=O) groups excluding carboxylic acids is 2. The summed E-state index contributed by atoms with van der Waals surface area (Å²) in [5.41, 5.74) is 2.70. The summed E-state index contributed by atoms with van der Waals surface area (Å²) in [7, 11) is 1.65. The molecule has 0 saturated carbocycles. The maximum atomic E-state index is 13.3. The number of benzene rings is 2. The topological polar surface area (TPSA) is 78.9 Å². The maximum absolute atomic E-state index is 13.3. The van der Waals surface area contributed by atoms with Crippen molar-refractivity contribution in [3.8, 4) is 17.0 Å². The number of nitrogens with zero attached hydrogens (tertiary/aromatic N) is 5. The van der Waals surface area contributed by atoms with Gasteiger partial charge >= 0.3 is 0 Å². The van der Waals surface area contributed by atoms with Crippen LogP contribution in [0.2, 0.25) is 0 Å². The predicted molar refractivity (Wildman–Crippen MR) is 149 cm³/mol. The van der Waals surface area contributed by atoms with E-state index in [4.69, 9.17) is 4.74 Å². The first kappa shape index (κ1) is 27.1. The van der Waals surface area contributed by atoms with Crippen LogP contribution in [0.1, 0.15) is 31.7 Å². The van der Waals surface area contributed by atoms with Gasteiger partial charge in [-0.3, -0.25) is 9.59 Å². The van der Waals surface area contributed by atoms with Crippen LogP contribution < -0.4 is 9.64 Å². The summed E-state index contributed by atoms with van der Waals surface area (Å²) in [6, 6.07) is 21.4. The van der Waals surface area contributed by atoms with Crippen molar-refractivity contribution >= 4 is 17.6 Å². The van der Waals surface area contributed by atoms with E-state index < -0.39 is 0 Å². The fraction of sp³-hybridized carbons (Fsp3) is 0.400. The van der Waals surface area contributed by atoms with Crippen LogP contribution in [0.15, 0.2) is 66.7 Å². The highest BCUT2D eigenvalue weighted by molar-refractivity contribution is 5.86. The van der Waals surface area contributed by atoms with Crippen molar-refractivity contribution in [1.29, 1.82) is 0 Å². The number of aromatic nitrogens is 2. The van der Waals surface area contributed by atoms with E-state index in [1.807, 2.05) is 71.6 Å². The molecule has 0 atom stereocenters. The molecule has 0 unspecified atom stereocenters. The molecule has 2 amide bonds. The molecular weight excluding hydrogens is 478 g/mol. The Balaban J connectivity index is 1.35. The predicted octanol–water partition coefficient (Wildman–Crippen LogP) is 4.06. The van der Waals surface area contributed by atoms with E-state index in [2.05, 4.69) is 22.0 Å². The number of hydrogen-bond acceptors (Lipinski definition) is 6. The Morgan fingerprint density at radius 2 is 1.79 bits per heavy atom. The smallest absolute Gasteiger partial charge is 0.242 e. The summed E-state index contributed by atoms with van der Waals surface area (Å²) in [6.45, 7) is 5.54. The molecule has 0 spiro atoms. The number of methoxy groups -OCH3 is 1. The molecule has 8 heteroatoms. The zero-order valence-electron chi connectivity index (χ0n) is 22.4. The van der Waals surface area contributed by atoms with Crippen LogP contribution in [-0.4, -0.2) is 78.2 Å². The minimum atomic E-state index is 0.000786. The minimum absolute atomic E-state index is 0.000786. The highest BCUT2D eigenvalue weighted by Crippen LogP contribution is 2.23. The van der Waals surface area contributed by atoms with Crippen molar-refractivity contribution in [2.45, 2.75) is 32.6 Å². The number of hydrogen-bond donors (Lipinski definition) is 0. The van der Waals surface area contributed by atoms with Crippen molar-refractivity contribution in [1.82, 2.24) is 20.0 Å². The number of unbranched alkanes of at least 4 members (excludes halogenated alkanes) is 1. The highest BCUT2D eigenvalue weighted by atomic mass is 16.5. The van der Waals surface area contributed by atoms with Gasteiger partial charge in [0.1, 0.15) is 5.75 Å². The largest absolute Gasteiger partial charge is 0.497 e. The molecule has 0 radical (unpaired) electrons. The fourth-order valence-corrected chi connectivity index (χ4v) is 4.61. The molecule has 8 nitrogen and oxygen atoms in total. The van der Waals surface area contributed by atoms with Crippen LogP contribution in [0, 0.1) is 0 Å². The zero-order chi connectivity index (χ0) is 26.7. The summed E-state index contributed by atoms with van der Waals surface area (Å²) in [6.07, 6.45) is 3.00. The fourth-order valence-electron chi connectivity index (χ4n) is 4.61. The Bertz CT molecular complexity index is 1190. The van der Waals surface area contributed by atoms with Gasteiger partial charge in [0.25, 0.3) is 0 Å². The molecule has 1 aliphatic heterocycles. The Morgan fingerprint density at radius 3 is 2.53 bits per heavy atom. The molecule has 0 aliphatic carbocycles. The molecule has 3 aromatic rings. The van der Waals surface area contributed by atoms with E-state index in [-0.39, 0.29) is 18.4 Å². The van der Waals surface area contributed by atoms with Gasteiger partial charge < -0.3 is 19.4 Å². The second-order valence-electron chi connectivity index (χ2n) is 9.56. The molecule has 0 bridgehead atoms. The standard InChI is InChI=1S/C30H37N5O3/c1-3-4-16-35(29(36)21-24-10-6-5-7-11-24)23-30(37)34-18-9-17-33(19-20-34)28-15-14-27(31-32-28)25-12-8-13-26(22-25)38-2/h5-8,10-15,22H,3-4,9,16-21,23H2,1-2H3. The molecule has 1 aliphatic rings. The van der Waals surface area contributed by atoms with Gasteiger partial charge in [0.15, 0.2) is 5.82 Å². The summed E-state index contributed by atoms with van der Waals surface area (Å²) < 4.78 is 5.31. The summed E-state index contributed by atoms with van der Waals surface area (Å²) >= 11 is 0. The molecule has 0 N–H and O–H groups in total. The van der Waals surface area contributed by atoms with E-state index in [9.17, 15) is 9.59 Å². The second kappa shape index (κ2) is 13.6.